The number of hydrogen-bond acceptors (Lipinski definition) is 2. The van der Waals surface area contributed by atoms with Crippen LogP contribution < -0.4 is 5.32 Å². The zero-order valence-corrected chi connectivity index (χ0v) is 10.1. The lowest BCUT2D eigenvalue weighted by molar-refractivity contribution is 0.318. The SMILES string of the molecule is CC1CSCC1NCC1CCCCC1. The van der Waals surface area contributed by atoms with Crippen LogP contribution in [0.1, 0.15) is 39.0 Å². The highest BCUT2D eigenvalue weighted by molar-refractivity contribution is 7.99. The fraction of sp³-hybridized carbons (Fsp3) is 1.00. The lowest BCUT2D eigenvalue weighted by Gasteiger charge is -2.25. The summed E-state index contributed by atoms with van der Waals surface area (Å²) in [4.78, 5) is 0. The smallest absolute Gasteiger partial charge is 0.0191 e. The molecule has 2 aliphatic rings. The second kappa shape index (κ2) is 5.41. The molecule has 1 saturated heterocycles. The Kier molecular flexibility index (Phi) is 4.18. The van der Waals surface area contributed by atoms with Gasteiger partial charge in [0.25, 0.3) is 0 Å². The van der Waals surface area contributed by atoms with Crippen molar-refractivity contribution >= 4 is 11.8 Å². The number of nitrogens with one attached hydrogen (secondary N) is 1. The van der Waals surface area contributed by atoms with Crippen LogP contribution >= 0.6 is 11.8 Å². The van der Waals surface area contributed by atoms with Gasteiger partial charge in [-0.25, -0.2) is 0 Å². The minimum Gasteiger partial charge on any atom is -0.313 e. The van der Waals surface area contributed by atoms with Crippen molar-refractivity contribution in [1.29, 1.82) is 0 Å². The van der Waals surface area contributed by atoms with Gasteiger partial charge in [0, 0.05) is 11.8 Å². The van der Waals surface area contributed by atoms with Crippen molar-refractivity contribution in [3.8, 4) is 0 Å². The molecular weight excluding hydrogens is 190 g/mol. The van der Waals surface area contributed by atoms with Gasteiger partial charge in [0.2, 0.25) is 0 Å². The van der Waals surface area contributed by atoms with Gasteiger partial charge in [-0.3, -0.25) is 0 Å². The molecule has 0 bridgehead atoms. The van der Waals surface area contributed by atoms with E-state index >= 15 is 0 Å². The molecule has 1 heterocycles. The van der Waals surface area contributed by atoms with E-state index in [1.165, 1.54) is 50.2 Å². The summed E-state index contributed by atoms with van der Waals surface area (Å²) in [5, 5.41) is 3.78. The van der Waals surface area contributed by atoms with Crippen LogP contribution in [-0.4, -0.2) is 24.1 Å². The fourth-order valence-corrected chi connectivity index (χ4v) is 4.07. The summed E-state index contributed by atoms with van der Waals surface area (Å²) in [5.74, 6) is 4.58. The first kappa shape index (κ1) is 10.8. The van der Waals surface area contributed by atoms with Gasteiger partial charge < -0.3 is 5.32 Å². The maximum absolute atomic E-state index is 3.78. The highest BCUT2D eigenvalue weighted by Gasteiger charge is 2.24. The van der Waals surface area contributed by atoms with Crippen molar-refractivity contribution in [2.45, 2.75) is 45.1 Å². The van der Waals surface area contributed by atoms with Crippen LogP contribution in [0.2, 0.25) is 0 Å². The molecule has 82 valence electrons. The first-order chi connectivity index (χ1) is 6.86. The van der Waals surface area contributed by atoms with Crippen LogP contribution in [-0.2, 0) is 0 Å². The van der Waals surface area contributed by atoms with E-state index in [1.807, 2.05) is 0 Å². The molecule has 1 saturated carbocycles. The largest absolute Gasteiger partial charge is 0.313 e. The van der Waals surface area contributed by atoms with Gasteiger partial charge in [0.05, 0.1) is 0 Å². The van der Waals surface area contributed by atoms with Gasteiger partial charge in [-0.05, 0) is 37.0 Å². The molecule has 0 aromatic heterocycles. The molecule has 0 aromatic carbocycles. The lowest BCUT2D eigenvalue weighted by atomic mass is 9.89. The van der Waals surface area contributed by atoms with Gasteiger partial charge >= 0.3 is 0 Å². The van der Waals surface area contributed by atoms with Gasteiger partial charge in [0.1, 0.15) is 0 Å². The molecule has 1 nitrogen and oxygen atoms in total. The normalized spacial score (nSPS) is 34.9. The predicted octanol–water partition coefficient (Wildman–Crippen LogP) is 2.91. The Morgan fingerprint density at radius 2 is 1.93 bits per heavy atom. The number of hydrogen-bond donors (Lipinski definition) is 1. The zero-order valence-electron chi connectivity index (χ0n) is 9.30. The molecule has 0 radical (unpaired) electrons. The maximum Gasteiger partial charge on any atom is 0.0191 e. The molecule has 14 heavy (non-hydrogen) atoms. The third-order valence-electron chi connectivity index (χ3n) is 3.76. The molecule has 1 aliphatic heterocycles. The second-order valence-corrected chi connectivity index (χ2v) is 6.11. The van der Waals surface area contributed by atoms with E-state index in [1.54, 1.807) is 0 Å². The molecule has 0 aromatic rings. The Labute approximate surface area is 92.4 Å². The summed E-state index contributed by atoms with van der Waals surface area (Å²) >= 11 is 2.11. The molecule has 1 N–H and O–H groups in total. The Morgan fingerprint density at radius 3 is 2.57 bits per heavy atom. The van der Waals surface area contributed by atoms with Crippen molar-refractivity contribution in [3.63, 3.8) is 0 Å². The van der Waals surface area contributed by atoms with Crippen LogP contribution in [0, 0.1) is 11.8 Å². The Hall–Kier alpha value is 0.310. The van der Waals surface area contributed by atoms with E-state index < -0.39 is 0 Å². The van der Waals surface area contributed by atoms with E-state index in [0.29, 0.717) is 0 Å². The summed E-state index contributed by atoms with van der Waals surface area (Å²) in [6.45, 7) is 3.67. The van der Waals surface area contributed by atoms with Crippen LogP contribution in [0.3, 0.4) is 0 Å². The highest BCUT2D eigenvalue weighted by Crippen LogP contribution is 2.26. The molecule has 2 fully saturated rings. The molecule has 1 aliphatic carbocycles. The molecule has 0 spiro atoms. The van der Waals surface area contributed by atoms with Gasteiger partial charge in [-0.15, -0.1) is 0 Å². The summed E-state index contributed by atoms with van der Waals surface area (Å²) in [5.41, 5.74) is 0. The van der Waals surface area contributed by atoms with Crippen molar-refractivity contribution in [2.75, 3.05) is 18.1 Å². The monoisotopic (exact) mass is 213 g/mol. The van der Waals surface area contributed by atoms with Crippen LogP contribution in [0.5, 0.6) is 0 Å². The molecule has 2 heteroatoms. The minimum atomic E-state index is 0.807. The predicted molar refractivity (Wildman–Crippen MR) is 64.9 cm³/mol. The molecular formula is C12H23NS. The summed E-state index contributed by atoms with van der Waals surface area (Å²) in [6.07, 6.45) is 7.37. The Morgan fingerprint density at radius 1 is 1.14 bits per heavy atom. The summed E-state index contributed by atoms with van der Waals surface area (Å²) in [6, 6.07) is 0.807. The van der Waals surface area contributed by atoms with Gasteiger partial charge in [0.15, 0.2) is 0 Å². The van der Waals surface area contributed by atoms with Gasteiger partial charge in [-0.1, -0.05) is 26.2 Å². The highest BCUT2D eigenvalue weighted by atomic mass is 32.2. The number of rotatable bonds is 3. The van der Waals surface area contributed by atoms with E-state index in [4.69, 9.17) is 0 Å². The van der Waals surface area contributed by atoms with Crippen LogP contribution in [0.15, 0.2) is 0 Å². The summed E-state index contributed by atoms with van der Waals surface area (Å²) < 4.78 is 0. The van der Waals surface area contributed by atoms with Crippen LogP contribution in [0.25, 0.3) is 0 Å². The van der Waals surface area contributed by atoms with Crippen molar-refractivity contribution in [3.05, 3.63) is 0 Å². The first-order valence-corrected chi connectivity index (χ1v) is 7.33. The lowest BCUT2D eigenvalue weighted by Crippen LogP contribution is -2.37. The first-order valence-electron chi connectivity index (χ1n) is 6.17. The van der Waals surface area contributed by atoms with E-state index in [2.05, 4.69) is 24.0 Å². The van der Waals surface area contributed by atoms with Gasteiger partial charge in [-0.2, -0.15) is 11.8 Å². The Bertz CT molecular complexity index is 166. The average Bonchev–Trinajstić information content (AvgIpc) is 2.63. The molecule has 2 unspecified atom stereocenters. The van der Waals surface area contributed by atoms with Crippen molar-refractivity contribution in [2.24, 2.45) is 11.8 Å². The summed E-state index contributed by atoms with van der Waals surface area (Å²) in [7, 11) is 0. The number of thioether (sulfide) groups is 1. The average molecular weight is 213 g/mol. The Balaban J connectivity index is 1.65. The van der Waals surface area contributed by atoms with Crippen LogP contribution in [0.4, 0.5) is 0 Å². The van der Waals surface area contributed by atoms with E-state index in [-0.39, 0.29) is 0 Å². The topological polar surface area (TPSA) is 12.0 Å². The fourth-order valence-electron chi connectivity index (χ4n) is 2.63. The molecule has 2 rings (SSSR count). The zero-order chi connectivity index (χ0) is 9.80. The quantitative estimate of drug-likeness (QED) is 0.773. The molecule has 2 atom stereocenters. The maximum atomic E-state index is 3.78. The standard InChI is InChI=1S/C12H23NS/c1-10-8-14-9-12(10)13-7-11-5-3-2-4-6-11/h10-13H,2-9H2,1H3. The third-order valence-corrected chi connectivity index (χ3v) is 5.11. The second-order valence-electron chi connectivity index (χ2n) is 5.03. The van der Waals surface area contributed by atoms with E-state index in [9.17, 15) is 0 Å². The van der Waals surface area contributed by atoms with E-state index in [0.717, 1.165) is 17.9 Å². The third kappa shape index (κ3) is 2.90. The minimum absolute atomic E-state index is 0.807. The van der Waals surface area contributed by atoms with Crippen molar-refractivity contribution < 1.29 is 0 Å². The molecule has 0 amide bonds. The van der Waals surface area contributed by atoms with Crippen molar-refractivity contribution in [1.82, 2.24) is 5.32 Å².